The molecule has 8 nitrogen and oxygen atoms in total. The molecule has 1 aliphatic heterocycles. The molecular formula is C26H31N5O3. The summed E-state index contributed by atoms with van der Waals surface area (Å²) in [6.45, 7) is 2.61. The van der Waals surface area contributed by atoms with E-state index in [0.29, 0.717) is 36.2 Å². The Hall–Kier alpha value is -3.42. The van der Waals surface area contributed by atoms with Crippen molar-refractivity contribution >= 4 is 28.4 Å². The lowest BCUT2D eigenvalue weighted by Crippen LogP contribution is -2.31. The molecule has 2 aromatic heterocycles. The van der Waals surface area contributed by atoms with Gasteiger partial charge in [0.15, 0.2) is 0 Å². The molecule has 3 aromatic rings. The summed E-state index contributed by atoms with van der Waals surface area (Å²) in [5.41, 5.74) is 1.74. The summed E-state index contributed by atoms with van der Waals surface area (Å²) < 4.78 is 8.18. The van der Waals surface area contributed by atoms with Crippen LogP contribution < -0.4 is 15.4 Å². The molecule has 2 amide bonds. The molecule has 2 N–H and O–H groups in total. The Morgan fingerprint density at radius 3 is 2.76 bits per heavy atom. The van der Waals surface area contributed by atoms with Gasteiger partial charge in [0.1, 0.15) is 18.1 Å². The van der Waals surface area contributed by atoms with E-state index in [4.69, 9.17) is 9.84 Å². The monoisotopic (exact) mass is 461 g/mol. The van der Waals surface area contributed by atoms with Crippen LogP contribution in [0.2, 0.25) is 0 Å². The van der Waals surface area contributed by atoms with Crippen molar-refractivity contribution < 1.29 is 14.3 Å². The molecule has 178 valence electrons. The highest BCUT2D eigenvalue weighted by atomic mass is 16.5. The normalized spacial score (nSPS) is 22.5. The van der Waals surface area contributed by atoms with Crippen LogP contribution in [0.25, 0.3) is 10.9 Å². The number of rotatable bonds is 7. The van der Waals surface area contributed by atoms with Gasteiger partial charge in [0.25, 0.3) is 5.91 Å². The number of ether oxygens (including phenoxy) is 1. The van der Waals surface area contributed by atoms with Crippen LogP contribution >= 0.6 is 0 Å². The highest BCUT2D eigenvalue weighted by Crippen LogP contribution is 2.36. The van der Waals surface area contributed by atoms with E-state index >= 15 is 0 Å². The maximum atomic E-state index is 12.8. The molecule has 3 heterocycles. The Bertz CT molecular complexity index is 1170. The first-order valence-corrected chi connectivity index (χ1v) is 12.3. The average molecular weight is 462 g/mol. The summed E-state index contributed by atoms with van der Waals surface area (Å²) in [7, 11) is 0. The van der Waals surface area contributed by atoms with Crippen molar-refractivity contribution in [1.29, 1.82) is 0 Å². The summed E-state index contributed by atoms with van der Waals surface area (Å²) in [6, 6.07) is 9.40. The number of nitrogens with zero attached hydrogens (tertiary/aromatic N) is 3. The molecule has 34 heavy (non-hydrogen) atoms. The van der Waals surface area contributed by atoms with E-state index in [9.17, 15) is 9.59 Å². The van der Waals surface area contributed by atoms with Crippen molar-refractivity contribution in [3.8, 4) is 5.75 Å². The number of anilines is 1. The van der Waals surface area contributed by atoms with Crippen LogP contribution in [-0.2, 0) is 4.79 Å². The minimum absolute atomic E-state index is 0.0335. The molecule has 8 heteroatoms. The molecule has 1 saturated heterocycles. The molecule has 2 aliphatic rings. The zero-order chi connectivity index (χ0) is 23.5. The first kappa shape index (κ1) is 22.4. The highest BCUT2D eigenvalue weighted by Gasteiger charge is 2.24. The third-order valence-electron chi connectivity index (χ3n) is 7.06. The van der Waals surface area contributed by atoms with Crippen molar-refractivity contribution in [2.75, 3.05) is 11.9 Å². The standard InChI is InChI=1S/C26H31N5O3/c1-2-17-6-9-20(10-7-17)31-15-18-13-23(29-26(33)21-5-3-4-12-27-21)24(14-22(18)30-31)34-16-19-8-11-25(32)28-19/h3-5,12-15,17,19-20H,2,6-11,16H2,1H3,(H,28,32)(H,29,33)/t17-,19-,20-/m1/s1. The van der Waals surface area contributed by atoms with Gasteiger partial charge in [-0.3, -0.25) is 19.3 Å². The number of fused-ring (bicyclic) bond motifs is 1. The number of carbonyl (C=O) groups excluding carboxylic acids is 2. The second-order valence-electron chi connectivity index (χ2n) is 9.38. The van der Waals surface area contributed by atoms with Gasteiger partial charge >= 0.3 is 0 Å². The number of hydrogen-bond acceptors (Lipinski definition) is 5. The second kappa shape index (κ2) is 9.83. The lowest BCUT2D eigenvalue weighted by atomic mass is 9.85. The first-order chi connectivity index (χ1) is 16.6. The van der Waals surface area contributed by atoms with E-state index in [1.165, 1.54) is 19.3 Å². The molecule has 2 fully saturated rings. The third-order valence-corrected chi connectivity index (χ3v) is 7.06. The molecule has 1 aromatic carbocycles. The van der Waals surface area contributed by atoms with Gasteiger partial charge in [-0.1, -0.05) is 19.4 Å². The average Bonchev–Trinajstić information content (AvgIpc) is 3.48. The summed E-state index contributed by atoms with van der Waals surface area (Å²) in [6.07, 6.45) is 10.9. The van der Waals surface area contributed by atoms with E-state index in [1.807, 2.05) is 12.1 Å². The zero-order valence-electron chi connectivity index (χ0n) is 19.5. The zero-order valence-corrected chi connectivity index (χ0v) is 19.5. The molecule has 0 bridgehead atoms. The largest absolute Gasteiger partial charge is 0.489 e. The minimum atomic E-state index is -0.302. The van der Waals surface area contributed by atoms with E-state index in [2.05, 4.69) is 33.4 Å². The number of aromatic nitrogens is 3. The molecule has 0 radical (unpaired) electrons. The third kappa shape index (κ3) is 4.90. The number of hydrogen-bond donors (Lipinski definition) is 2. The molecule has 1 aliphatic carbocycles. The van der Waals surface area contributed by atoms with Crippen molar-refractivity contribution in [2.45, 2.75) is 64.0 Å². The van der Waals surface area contributed by atoms with Crippen LogP contribution in [0.15, 0.2) is 42.7 Å². The Balaban J connectivity index is 1.40. The summed E-state index contributed by atoms with van der Waals surface area (Å²) >= 11 is 0. The van der Waals surface area contributed by atoms with Gasteiger partial charge in [0, 0.05) is 30.3 Å². The predicted octanol–water partition coefficient (Wildman–Crippen LogP) is 4.48. The molecule has 0 unspecified atom stereocenters. The Morgan fingerprint density at radius 1 is 1.21 bits per heavy atom. The number of pyridine rings is 1. The summed E-state index contributed by atoms with van der Waals surface area (Å²) in [5.74, 6) is 1.11. The van der Waals surface area contributed by atoms with Crippen LogP contribution in [0.1, 0.15) is 68.4 Å². The molecule has 1 atom stereocenters. The van der Waals surface area contributed by atoms with Crippen LogP contribution in [0, 0.1) is 5.92 Å². The van der Waals surface area contributed by atoms with Gasteiger partial charge in [-0.2, -0.15) is 5.10 Å². The van der Waals surface area contributed by atoms with Gasteiger partial charge in [-0.05, 0) is 56.2 Å². The Morgan fingerprint density at radius 2 is 2.06 bits per heavy atom. The van der Waals surface area contributed by atoms with Crippen LogP contribution in [0.3, 0.4) is 0 Å². The van der Waals surface area contributed by atoms with Crippen molar-refractivity contribution in [3.63, 3.8) is 0 Å². The molecular weight excluding hydrogens is 430 g/mol. The van der Waals surface area contributed by atoms with Crippen molar-refractivity contribution in [3.05, 3.63) is 48.4 Å². The van der Waals surface area contributed by atoms with Gasteiger partial charge in [-0.25, -0.2) is 0 Å². The maximum Gasteiger partial charge on any atom is 0.274 e. The fourth-order valence-electron chi connectivity index (χ4n) is 4.97. The molecule has 5 rings (SSSR count). The summed E-state index contributed by atoms with van der Waals surface area (Å²) in [5, 5.41) is 11.7. The van der Waals surface area contributed by atoms with E-state index < -0.39 is 0 Å². The van der Waals surface area contributed by atoms with Crippen molar-refractivity contribution in [2.24, 2.45) is 5.92 Å². The van der Waals surface area contributed by atoms with Crippen LogP contribution in [-0.4, -0.2) is 39.2 Å². The van der Waals surface area contributed by atoms with Crippen molar-refractivity contribution in [1.82, 2.24) is 20.1 Å². The smallest absolute Gasteiger partial charge is 0.274 e. The lowest BCUT2D eigenvalue weighted by Gasteiger charge is -2.27. The fourth-order valence-corrected chi connectivity index (χ4v) is 4.97. The number of benzene rings is 1. The second-order valence-corrected chi connectivity index (χ2v) is 9.38. The Labute approximate surface area is 199 Å². The SMILES string of the molecule is CC[C@H]1CC[C@H](n2cc3cc(NC(=O)c4ccccn4)c(OC[C@H]4CCC(=O)N4)cc3n2)CC1. The maximum absolute atomic E-state index is 12.8. The predicted molar refractivity (Wildman–Crippen MR) is 130 cm³/mol. The minimum Gasteiger partial charge on any atom is -0.489 e. The number of nitrogens with one attached hydrogen (secondary N) is 2. The quantitative estimate of drug-likeness (QED) is 0.541. The van der Waals surface area contributed by atoms with Gasteiger partial charge in [0.2, 0.25) is 5.91 Å². The Kier molecular flexibility index (Phi) is 6.47. The van der Waals surface area contributed by atoms with Gasteiger partial charge in [-0.15, -0.1) is 0 Å². The van der Waals surface area contributed by atoms with E-state index in [1.54, 1.807) is 24.4 Å². The van der Waals surface area contributed by atoms with E-state index in [-0.39, 0.29) is 17.9 Å². The highest BCUT2D eigenvalue weighted by molar-refractivity contribution is 6.05. The topological polar surface area (TPSA) is 98.1 Å². The fraction of sp³-hybridized carbons (Fsp3) is 0.462. The number of amides is 2. The molecule has 0 spiro atoms. The van der Waals surface area contributed by atoms with E-state index in [0.717, 1.165) is 36.1 Å². The number of carbonyl (C=O) groups is 2. The van der Waals surface area contributed by atoms with Gasteiger partial charge < -0.3 is 15.4 Å². The first-order valence-electron chi connectivity index (χ1n) is 12.3. The van der Waals surface area contributed by atoms with Crippen LogP contribution in [0.4, 0.5) is 5.69 Å². The van der Waals surface area contributed by atoms with Gasteiger partial charge in [0.05, 0.1) is 23.3 Å². The van der Waals surface area contributed by atoms with Crippen LogP contribution in [0.5, 0.6) is 5.75 Å². The summed E-state index contributed by atoms with van der Waals surface area (Å²) in [4.78, 5) is 28.5. The molecule has 1 saturated carbocycles. The lowest BCUT2D eigenvalue weighted by molar-refractivity contribution is -0.119.